The summed E-state index contributed by atoms with van der Waals surface area (Å²) >= 11 is 3.19. The fraction of sp³-hybridized carbons (Fsp3) is 0.526. The van der Waals surface area contributed by atoms with E-state index >= 15 is 0 Å². The molecular formula is C19H26N6O3S3. The van der Waals surface area contributed by atoms with Gasteiger partial charge in [0.25, 0.3) is 0 Å². The summed E-state index contributed by atoms with van der Waals surface area (Å²) < 4.78 is 34.7. The van der Waals surface area contributed by atoms with Crippen LogP contribution in [-0.2, 0) is 27.1 Å². The van der Waals surface area contributed by atoms with Crippen LogP contribution in [0.15, 0.2) is 27.4 Å². The Hall–Kier alpha value is -1.73. The standard InChI is InChI=1S/C19H26N6O3S3/c1-4-7-25-16-6-5-14(31(26,27)23(2)3)12-15(16)20-17(25)13-29-19-22-21-18(30-19)24-8-10-28-11-9-24/h5-6,12H,4,7-11,13H2,1-3H3. The Labute approximate surface area is 190 Å². The number of aromatic nitrogens is 4. The van der Waals surface area contributed by atoms with Gasteiger partial charge in [0.05, 0.1) is 34.9 Å². The molecule has 1 saturated heterocycles. The molecule has 1 aliphatic rings. The number of hydrogen-bond acceptors (Lipinski definition) is 9. The van der Waals surface area contributed by atoms with E-state index in [-0.39, 0.29) is 4.90 Å². The van der Waals surface area contributed by atoms with Gasteiger partial charge in [-0.1, -0.05) is 30.0 Å². The molecule has 168 valence electrons. The first-order valence-electron chi connectivity index (χ1n) is 10.1. The van der Waals surface area contributed by atoms with Crippen molar-refractivity contribution in [3.8, 4) is 0 Å². The lowest BCUT2D eigenvalue weighted by Crippen LogP contribution is -2.36. The van der Waals surface area contributed by atoms with E-state index in [1.807, 2.05) is 6.07 Å². The molecule has 0 saturated carbocycles. The largest absolute Gasteiger partial charge is 0.378 e. The molecule has 3 aromatic rings. The van der Waals surface area contributed by atoms with Gasteiger partial charge in [0, 0.05) is 33.7 Å². The number of nitrogens with zero attached hydrogens (tertiary/aromatic N) is 6. The van der Waals surface area contributed by atoms with Crippen molar-refractivity contribution < 1.29 is 13.2 Å². The van der Waals surface area contributed by atoms with Crippen molar-refractivity contribution in [2.45, 2.75) is 34.9 Å². The summed E-state index contributed by atoms with van der Waals surface area (Å²) in [6.07, 6.45) is 0.959. The first kappa shape index (κ1) is 22.5. The molecular weight excluding hydrogens is 456 g/mol. The van der Waals surface area contributed by atoms with Crippen LogP contribution in [0, 0.1) is 0 Å². The van der Waals surface area contributed by atoms with Gasteiger partial charge in [-0.15, -0.1) is 10.2 Å². The number of ether oxygens (including phenoxy) is 1. The zero-order chi connectivity index (χ0) is 22.0. The minimum Gasteiger partial charge on any atom is -0.378 e. The number of hydrogen-bond donors (Lipinski definition) is 0. The lowest BCUT2D eigenvalue weighted by atomic mass is 10.3. The summed E-state index contributed by atoms with van der Waals surface area (Å²) in [5.41, 5.74) is 1.64. The highest BCUT2D eigenvalue weighted by Crippen LogP contribution is 2.32. The average Bonchev–Trinajstić information content (AvgIpc) is 3.37. The molecule has 4 rings (SSSR count). The van der Waals surface area contributed by atoms with Crippen LogP contribution < -0.4 is 4.90 Å². The minimum absolute atomic E-state index is 0.254. The second-order valence-electron chi connectivity index (χ2n) is 7.36. The number of imidazole rings is 1. The van der Waals surface area contributed by atoms with E-state index in [4.69, 9.17) is 9.72 Å². The zero-order valence-electron chi connectivity index (χ0n) is 17.8. The minimum atomic E-state index is -3.50. The quantitative estimate of drug-likeness (QED) is 0.453. The second kappa shape index (κ2) is 9.41. The molecule has 0 atom stereocenters. The molecule has 31 heavy (non-hydrogen) atoms. The Morgan fingerprint density at radius 3 is 2.71 bits per heavy atom. The fourth-order valence-electron chi connectivity index (χ4n) is 3.38. The maximum absolute atomic E-state index is 12.5. The molecule has 0 bridgehead atoms. The first-order valence-corrected chi connectivity index (χ1v) is 13.3. The molecule has 12 heteroatoms. The van der Waals surface area contributed by atoms with E-state index in [9.17, 15) is 8.42 Å². The molecule has 0 aliphatic carbocycles. The van der Waals surface area contributed by atoms with Crippen molar-refractivity contribution in [1.29, 1.82) is 0 Å². The molecule has 0 unspecified atom stereocenters. The molecule has 1 aromatic carbocycles. The van der Waals surface area contributed by atoms with Crippen molar-refractivity contribution in [3.05, 3.63) is 24.0 Å². The maximum Gasteiger partial charge on any atom is 0.242 e. The summed E-state index contributed by atoms with van der Waals surface area (Å²) in [6.45, 7) is 6.05. The van der Waals surface area contributed by atoms with Crippen molar-refractivity contribution >= 4 is 49.3 Å². The van der Waals surface area contributed by atoms with E-state index in [1.54, 1.807) is 35.2 Å². The molecule has 3 heterocycles. The average molecular weight is 483 g/mol. The third kappa shape index (κ3) is 4.72. The van der Waals surface area contributed by atoms with Crippen molar-refractivity contribution in [2.24, 2.45) is 0 Å². The monoisotopic (exact) mass is 482 g/mol. The maximum atomic E-state index is 12.5. The van der Waals surface area contributed by atoms with E-state index in [1.165, 1.54) is 18.4 Å². The van der Waals surface area contributed by atoms with Crippen LogP contribution in [0.4, 0.5) is 5.13 Å². The van der Waals surface area contributed by atoms with Crippen molar-refractivity contribution in [2.75, 3.05) is 45.3 Å². The smallest absolute Gasteiger partial charge is 0.242 e. The Morgan fingerprint density at radius 1 is 1.23 bits per heavy atom. The zero-order valence-corrected chi connectivity index (χ0v) is 20.3. The summed E-state index contributed by atoms with van der Waals surface area (Å²) in [5.74, 6) is 1.55. The van der Waals surface area contributed by atoms with Crippen LogP contribution in [-0.4, -0.2) is 72.9 Å². The summed E-state index contributed by atoms with van der Waals surface area (Å²) in [7, 11) is -0.434. The molecule has 9 nitrogen and oxygen atoms in total. The third-order valence-corrected chi connectivity index (χ3v) is 8.95. The Kier molecular flexibility index (Phi) is 6.82. The molecule has 0 spiro atoms. The van der Waals surface area contributed by atoms with Crippen LogP contribution in [0.3, 0.4) is 0 Å². The van der Waals surface area contributed by atoms with E-state index in [0.717, 1.165) is 46.9 Å². The number of thioether (sulfide) groups is 1. The van der Waals surface area contributed by atoms with Gasteiger partial charge >= 0.3 is 0 Å². The predicted octanol–water partition coefficient (Wildman–Crippen LogP) is 2.68. The highest BCUT2D eigenvalue weighted by molar-refractivity contribution is 8.00. The third-order valence-electron chi connectivity index (χ3n) is 5.03. The van der Waals surface area contributed by atoms with Crippen LogP contribution in [0.2, 0.25) is 0 Å². The van der Waals surface area contributed by atoms with Gasteiger partial charge in [-0.05, 0) is 24.6 Å². The highest BCUT2D eigenvalue weighted by atomic mass is 32.2. The van der Waals surface area contributed by atoms with Gasteiger partial charge in [-0.25, -0.2) is 17.7 Å². The van der Waals surface area contributed by atoms with E-state index < -0.39 is 10.0 Å². The number of benzene rings is 1. The normalized spacial score (nSPS) is 15.3. The van der Waals surface area contributed by atoms with Gasteiger partial charge in [-0.2, -0.15) is 0 Å². The van der Waals surface area contributed by atoms with Gasteiger partial charge in [0.15, 0.2) is 4.34 Å². The van der Waals surface area contributed by atoms with Crippen LogP contribution in [0.5, 0.6) is 0 Å². The molecule has 0 N–H and O–H groups in total. The number of morpholine rings is 1. The molecule has 1 aliphatic heterocycles. The first-order chi connectivity index (χ1) is 14.9. The second-order valence-corrected chi connectivity index (χ2v) is 11.7. The van der Waals surface area contributed by atoms with Gasteiger partial charge in [-0.3, -0.25) is 0 Å². The van der Waals surface area contributed by atoms with Gasteiger partial charge in [0.1, 0.15) is 5.82 Å². The number of anilines is 1. The Balaban J connectivity index is 1.56. The molecule has 1 fully saturated rings. The summed E-state index contributed by atoms with van der Waals surface area (Å²) in [5, 5.41) is 9.58. The lowest BCUT2D eigenvalue weighted by molar-refractivity contribution is 0.122. The number of aryl methyl sites for hydroxylation is 1. The van der Waals surface area contributed by atoms with Crippen molar-refractivity contribution in [3.63, 3.8) is 0 Å². The predicted molar refractivity (Wildman–Crippen MR) is 123 cm³/mol. The van der Waals surface area contributed by atoms with Crippen LogP contribution in [0.1, 0.15) is 19.2 Å². The van der Waals surface area contributed by atoms with Crippen molar-refractivity contribution in [1.82, 2.24) is 24.1 Å². The van der Waals surface area contributed by atoms with E-state index in [0.29, 0.717) is 24.5 Å². The van der Waals surface area contributed by atoms with E-state index in [2.05, 4.69) is 26.6 Å². The molecule has 2 aromatic heterocycles. The molecule has 0 radical (unpaired) electrons. The Bertz CT molecular complexity index is 1150. The van der Waals surface area contributed by atoms with Gasteiger partial charge in [0.2, 0.25) is 15.2 Å². The number of fused-ring (bicyclic) bond motifs is 1. The summed E-state index contributed by atoms with van der Waals surface area (Å²) in [4.78, 5) is 7.22. The number of rotatable bonds is 8. The van der Waals surface area contributed by atoms with Crippen LogP contribution in [0.25, 0.3) is 11.0 Å². The fourth-order valence-corrected chi connectivity index (χ4v) is 6.14. The summed E-state index contributed by atoms with van der Waals surface area (Å²) in [6, 6.07) is 5.16. The Morgan fingerprint density at radius 2 is 2.00 bits per heavy atom. The lowest BCUT2D eigenvalue weighted by Gasteiger charge is -2.25. The number of sulfonamides is 1. The topological polar surface area (TPSA) is 93.5 Å². The van der Waals surface area contributed by atoms with Crippen LogP contribution >= 0.6 is 23.1 Å². The SMILES string of the molecule is CCCn1c(CSc2nnc(N3CCOCC3)s2)nc2cc(S(=O)(=O)N(C)C)ccc21. The molecule has 0 amide bonds. The highest BCUT2D eigenvalue weighted by Gasteiger charge is 2.20. The van der Waals surface area contributed by atoms with Gasteiger partial charge < -0.3 is 14.2 Å².